The van der Waals surface area contributed by atoms with Gasteiger partial charge in [0, 0.05) is 9.75 Å². The van der Waals surface area contributed by atoms with Crippen LogP contribution in [0.15, 0.2) is 12.1 Å². The van der Waals surface area contributed by atoms with Crippen LogP contribution in [0.4, 0.5) is 4.79 Å². The summed E-state index contributed by atoms with van der Waals surface area (Å²) < 4.78 is 0. The molecule has 1 aromatic heterocycles. The molecule has 106 valence electrons. The number of carbonyl (C=O) groups excluding carboxylic acids is 1. The van der Waals surface area contributed by atoms with Crippen LogP contribution in [0.5, 0.6) is 0 Å². The summed E-state index contributed by atoms with van der Waals surface area (Å²) in [6, 6.07) is 3.95. The molecule has 19 heavy (non-hydrogen) atoms. The maximum atomic E-state index is 11.9. The lowest BCUT2D eigenvalue weighted by Gasteiger charge is -2.28. The number of amides is 2. The lowest BCUT2D eigenvalue weighted by molar-refractivity contribution is 0.155. The van der Waals surface area contributed by atoms with Crippen LogP contribution in [0, 0.1) is 5.92 Å². The van der Waals surface area contributed by atoms with Crippen molar-refractivity contribution < 1.29 is 9.90 Å². The van der Waals surface area contributed by atoms with E-state index in [4.69, 9.17) is 0 Å². The van der Waals surface area contributed by atoms with E-state index in [1.807, 2.05) is 6.92 Å². The lowest BCUT2D eigenvalue weighted by atomic mass is 9.97. The van der Waals surface area contributed by atoms with E-state index in [0.717, 1.165) is 24.1 Å². The van der Waals surface area contributed by atoms with Crippen LogP contribution in [0.1, 0.15) is 36.4 Å². The number of aryl methyl sites for hydroxylation is 1. The summed E-state index contributed by atoms with van der Waals surface area (Å²) in [7, 11) is 0. The first-order chi connectivity index (χ1) is 9.07. The molecule has 0 bridgehead atoms. The van der Waals surface area contributed by atoms with Crippen LogP contribution in [-0.4, -0.2) is 23.3 Å². The van der Waals surface area contributed by atoms with Crippen LogP contribution < -0.4 is 10.6 Å². The number of aliphatic hydroxyl groups excluding tert-OH is 1. The number of urea groups is 1. The van der Waals surface area contributed by atoms with Crippen LogP contribution >= 0.6 is 11.3 Å². The first-order valence-electron chi connectivity index (χ1n) is 6.82. The standard InChI is InChI=1S/C14H22N2O2S/c1-3-11-6-7-12(19-11)8-15-13(18)16-14(2,9-17)10-4-5-10/h6-7,10,17H,3-5,8-9H2,1-2H3,(H2,15,16,18). The SMILES string of the molecule is CCc1ccc(CNC(=O)NC(C)(CO)C2CC2)s1. The van der Waals surface area contributed by atoms with Crippen LogP contribution in [0.2, 0.25) is 0 Å². The highest BCUT2D eigenvalue weighted by Gasteiger charge is 2.42. The Labute approximate surface area is 118 Å². The van der Waals surface area contributed by atoms with Crippen molar-refractivity contribution in [3.05, 3.63) is 21.9 Å². The van der Waals surface area contributed by atoms with Crippen molar-refractivity contribution in [2.45, 2.75) is 45.2 Å². The van der Waals surface area contributed by atoms with Crippen LogP contribution in [0.25, 0.3) is 0 Å². The Morgan fingerprint density at radius 1 is 1.47 bits per heavy atom. The summed E-state index contributed by atoms with van der Waals surface area (Å²) in [6.45, 7) is 4.56. The second-order valence-electron chi connectivity index (χ2n) is 5.38. The molecular formula is C14H22N2O2S. The normalized spacial score (nSPS) is 17.8. The quantitative estimate of drug-likeness (QED) is 0.749. The average Bonchev–Trinajstić information content (AvgIpc) is 3.16. The van der Waals surface area contributed by atoms with Crippen molar-refractivity contribution >= 4 is 17.4 Å². The van der Waals surface area contributed by atoms with Gasteiger partial charge in [0.1, 0.15) is 0 Å². The van der Waals surface area contributed by atoms with E-state index in [9.17, 15) is 9.90 Å². The third kappa shape index (κ3) is 3.70. The minimum absolute atomic E-state index is 0.00985. The molecule has 1 fully saturated rings. The van der Waals surface area contributed by atoms with E-state index < -0.39 is 5.54 Å². The highest BCUT2D eigenvalue weighted by atomic mass is 32.1. The van der Waals surface area contributed by atoms with Gasteiger partial charge in [0.15, 0.2) is 0 Å². The maximum Gasteiger partial charge on any atom is 0.315 e. The molecule has 1 aliphatic carbocycles. The summed E-state index contributed by atoms with van der Waals surface area (Å²) in [5.74, 6) is 0.414. The van der Waals surface area contributed by atoms with Gasteiger partial charge in [-0.2, -0.15) is 0 Å². The molecule has 5 heteroatoms. The second kappa shape index (κ2) is 5.92. The number of thiophene rings is 1. The van der Waals surface area contributed by atoms with E-state index in [0.29, 0.717) is 12.5 Å². The molecule has 4 nitrogen and oxygen atoms in total. The Bertz CT molecular complexity index is 442. The number of hydrogen-bond donors (Lipinski definition) is 3. The van der Waals surface area contributed by atoms with Gasteiger partial charge in [0.25, 0.3) is 0 Å². The molecule has 3 N–H and O–H groups in total. The van der Waals surface area contributed by atoms with Crippen molar-refractivity contribution in [1.82, 2.24) is 10.6 Å². The van der Waals surface area contributed by atoms with Crippen molar-refractivity contribution in [3.8, 4) is 0 Å². The Hall–Kier alpha value is -1.07. The fourth-order valence-corrected chi connectivity index (χ4v) is 3.07. The molecule has 1 unspecified atom stereocenters. The third-order valence-corrected chi connectivity index (χ3v) is 4.92. The van der Waals surface area contributed by atoms with E-state index in [2.05, 4.69) is 29.7 Å². The molecule has 0 aliphatic heterocycles. The lowest BCUT2D eigenvalue weighted by Crippen LogP contribution is -2.53. The molecule has 1 saturated carbocycles. The number of aliphatic hydroxyl groups is 1. The van der Waals surface area contributed by atoms with Gasteiger partial charge in [-0.05, 0) is 44.2 Å². The summed E-state index contributed by atoms with van der Waals surface area (Å²) in [5, 5.41) is 15.2. The average molecular weight is 282 g/mol. The van der Waals surface area contributed by atoms with E-state index in [-0.39, 0.29) is 12.6 Å². The largest absolute Gasteiger partial charge is 0.394 e. The van der Waals surface area contributed by atoms with Gasteiger partial charge in [-0.25, -0.2) is 4.79 Å². The van der Waals surface area contributed by atoms with Gasteiger partial charge in [-0.3, -0.25) is 0 Å². The summed E-state index contributed by atoms with van der Waals surface area (Å²) in [4.78, 5) is 14.4. The number of carbonyl (C=O) groups is 1. The monoisotopic (exact) mass is 282 g/mol. The minimum Gasteiger partial charge on any atom is -0.394 e. The summed E-state index contributed by atoms with van der Waals surface area (Å²) in [5.41, 5.74) is -0.478. The van der Waals surface area contributed by atoms with E-state index in [1.165, 1.54) is 4.88 Å². The van der Waals surface area contributed by atoms with Gasteiger partial charge < -0.3 is 15.7 Å². The number of hydrogen-bond acceptors (Lipinski definition) is 3. The van der Waals surface area contributed by atoms with Gasteiger partial charge in [0.05, 0.1) is 18.7 Å². The number of rotatable bonds is 6. The Kier molecular flexibility index (Phi) is 4.47. The molecule has 0 saturated heterocycles. The molecule has 2 rings (SSSR count). The first-order valence-corrected chi connectivity index (χ1v) is 7.63. The highest BCUT2D eigenvalue weighted by Crippen LogP contribution is 2.39. The Morgan fingerprint density at radius 2 is 2.16 bits per heavy atom. The molecule has 1 aliphatic rings. The zero-order valence-electron chi connectivity index (χ0n) is 11.5. The molecule has 1 atom stereocenters. The highest BCUT2D eigenvalue weighted by molar-refractivity contribution is 7.11. The van der Waals surface area contributed by atoms with Gasteiger partial charge in [0.2, 0.25) is 0 Å². The predicted molar refractivity (Wildman–Crippen MR) is 77.3 cm³/mol. The van der Waals surface area contributed by atoms with Crippen LogP contribution in [-0.2, 0) is 13.0 Å². The van der Waals surface area contributed by atoms with Gasteiger partial charge in [-0.1, -0.05) is 6.92 Å². The fraction of sp³-hybridized carbons (Fsp3) is 0.643. The number of nitrogens with one attached hydrogen (secondary N) is 2. The molecule has 0 aromatic carbocycles. The Morgan fingerprint density at radius 3 is 2.68 bits per heavy atom. The topological polar surface area (TPSA) is 61.4 Å². The molecular weight excluding hydrogens is 260 g/mol. The zero-order chi connectivity index (χ0) is 13.9. The van der Waals surface area contributed by atoms with Crippen LogP contribution in [0.3, 0.4) is 0 Å². The predicted octanol–water partition coefficient (Wildman–Crippen LogP) is 2.27. The summed E-state index contributed by atoms with van der Waals surface area (Å²) >= 11 is 1.73. The Balaban J connectivity index is 1.80. The minimum atomic E-state index is -0.478. The van der Waals surface area contributed by atoms with Crippen molar-refractivity contribution in [3.63, 3.8) is 0 Å². The summed E-state index contributed by atoms with van der Waals surface area (Å²) in [6.07, 6.45) is 3.20. The van der Waals surface area contributed by atoms with Crippen molar-refractivity contribution in [2.75, 3.05) is 6.61 Å². The fourth-order valence-electron chi connectivity index (χ4n) is 2.17. The third-order valence-electron chi connectivity index (χ3n) is 3.69. The molecule has 1 heterocycles. The van der Waals surface area contributed by atoms with Crippen molar-refractivity contribution in [1.29, 1.82) is 0 Å². The van der Waals surface area contributed by atoms with E-state index >= 15 is 0 Å². The molecule has 2 amide bonds. The molecule has 1 aromatic rings. The smallest absolute Gasteiger partial charge is 0.315 e. The first kappa shape index (κ1) is 14.3. The van der Waals surface area contributed by atoms with Gasteiger partial charge in [-0.15, -0.1) is 11.3 Å². The maximum absolute atomic E-state index is 11.9. The van der Waals surface area contributed by atoms with Gasteiger partial charge >= 0.3 is 6.03 Å². The molecule has 0 spiro atoms. The van der Waals surface area contributed by atoms with Crippen molar-refractivity contribution in [2.24, 2.45) is 5.92 Å². The van der Waals surface area contributed by atoms with E-state index in [1.54, 1.807) is 11.3 Å². The second-order valence-corrected chi connectivity index (χ2v) is 6.63. The molecule has 0 radical (unpaired) electrons. The zero-order valence-corrected chi connectivity index (χ0v) is 12.3.